The van der Waals surface area contributed by atoms with Crippen LogP contribution in [-0.2, 0) is 17.8 Å². The maximum Gasteiger partial charge on any atom is 0.274 e. The highest BCUT2D eigenvalue weighted by Crippen LogP contribution is 2.21. The predicted molar refractivity (Wildman–Crippen MR) is 133 cm³/mol. The highest BCUT2D eigenvalue weighted by Gasteiger charge is 2.26. The molecule has 1 N–H and O–H groups in total. The van der Waals surface area contributed by atoms with E-state index >= 15 is 0 Å². The zero-order valence-electron chi connectivity index (χ0n) is 19.1. The summed E-state index contributed by atoms with van der Waals surface area (Å²) in [6, 6.07) is 15.6. The van der Waals surface area contributed by atoms with Crippen LogP contribution < -0.4 is 10.9 Å². The van der Waals surface area contributed by atoms with Gasteiger partial charge in [-0.2, -0.15) is 5.10 Å². The van der Waals surface area contributed by atoms with Crippen molar-refractivity contribution in [2.45, 2.75) is 51.6 Å². The minimum Gasteiger partial charge on any atom is -0.356 e. The third kappa shape index (κ3) is 5.81. The second kappa shape index (κ2) is 10.9. The molecule has 1 aliphatic heterocycles. The fraction of sp³-hybridized carbons (Fsp3) is 0.423. The Kier molecular flexibility index (Phi) is 7.78. The van der Waals surface area contributed by atoms with Crippen molar-refractivity contribution >= 4 is 28.3 Å². The van der Waals surface area contributed by atoms with Crippen molar-refractivity contribution in [3.63, 3.8) is 0 Å². The van der Waals surface area contributed by atoms with Gasteiger partial charge in [0.1, 0.15) is 0 Å². The van der Waals surface area contributed by atoms with Gasteiger partial charge in [-0.3, -0.25) is 14.5 Å². The Balaban J connectivity index is 1.55. The summed E-state index contributed by atoms with van der Waals surface area (Å²) in [5, 5.41) is 10.0. The van der Waals surface area contributed by atoms with Gasteiger partial charge >= 0.3 is 0 Å². The highest BCUT2D eigenvalue weighted by molar-refractivity contribution is 6.30. The van der Waals surface area contributed by atoms with Gasteiger partial charge in [-0.1, -0.05) is 48.9 Å². The van der Waals surface area contributed by atoms with Crippen LogP contribution in [0.1, 0.15) is 43.9 Å². The Hall–Kier alpha value is -2.70. The molecule has 0 unspecified atom stereocenters. The molecule has 0 radical (unpaired) electrons. The summed E-state index contributed by atoms with van der Waals surface area (Å²) in [7, 11) is 0. The lowest BCUT2D eigenvalue weighted by Gasteiger charge is -2.25. The van der Waals surface area contributed by atoms with Crippen LogP contribution in [0.5, 0.6) is 0 Å². The average molecular weight is 467 g/mol. The number of fused-ring (bicyclic) bond motifs is 1. The summed E-state index contributed by atoms with van der Waals surface area (Å²) in [6.07, 6.45) is 4.13. The average Bonchev–Trinajstić information content (AvgIpc) is 3.27. The first kappa shape index (κ1) is 23.5. The van der Waals surface area contributed by atoms with Crippen LogP contribution in [0, 0.1) is 0 Å². The minimum atomic E-state index is -0.0574. The molecule has 3 aromatic rings. The van der Waals surface area contributed by atoms with Crippen LogP contribution in [0.4, 0.5) is 0 Å². The van der Waals surface area contributed by atoms with Crippen LogP contribution in [0.15, 0.2) is 53.3 Å². The quantitative estimate of drug-likeness (QED) is 0.517. The number of nitrogens with one attached hydrogen (secondary N) is 1. The summed E-state index contributed by atoms with van der Waals surface area (Å²) in [5.74, 6) is 0.0914. The fourth-order valence-corrected chi connectivity index (χ4v) is 4.68. The Morgan fingerprint density at radius 2 is 1.91 bits per heavy atom. The lowest BCUT2D eigenvalue weighted by Crippen LogP contribution is -2.39. The summed E-state index contributed by atoms with van der Waals surface area (Å²) in [4.78, 5) is 27.6. The van der Waals surface area contributed by atoms with E-state index in [4.69, 9.17) is 16.7 Å². The monoisotopic (exact) mass is 466 g/mol. The molecule has 0 bridgehead atoms. The first-order valence-corrected chi connectivity index (χ1v) is 12.2. The van der Waals surface area contributed by atoms with Gasteiger partial charge in [-0.05, 0) is 49.6 Å². The van der Waals surface area contributed by atoms with Gasteiger partial charge in [-0.15, -0.1) is 0 Å². The normalized spacial score (nSPS) is 16.4. The lowest BCUT2D eigenvalue weighted by molar-refractivity contribution is -0.121. The summed E-state index contributed by atoms with van der Waals surface area (Å²) >= 11 is 6.04. The maximum absolute atomic E-state index is 13.3. The number of benzene rings is 2. The van der Waals surface area contributed by atoms with E-state index < -0.39 is 0 Å². The van der Waals surface area contributed by atoms with Crippen LogP contribution in [-0.4, -0.2) is 46.3 Å². The van der Waals surface area contributed by atoms with Crippen LogP contribution >= 0.6 is 11.6 Å². The van der Waals surface area contributed by atoms with E-state index in [9.17, 15) is 9.59 Å². The predicted octanol–water partition coefficient (Wildman–Crippen LogP) is 4.02. The van der Waals surface area contributed by atoms with Crippen LogP contribution in [0.2, 0.25) is 5.02 Å². The number of halogens is 1. The van der Waals surface area contributed by atoms with Crippen molar-refractivity contribution < 1.29 is 4.79 Å². The van der Waals surface area contributed by atoms with Gasteiger partial charge in [-0.25, -0.2) is 4.68 Å². The molecular weight excluding hydrogens is 436 g/mol. The van der Waals surface area contributed by atoms with E-state index in [2.05, 4.69) is 10.2 Å². The molecule has 7 heteroatoms. The first-order chi connectivity index (χ1) is 16.0. The molecule has 1 saturated heterocycles. The van der Waals surface area contributed by atoms with Crippen LogP contribution in [0.25, 0.3) is 10.8 Å². The van der Waals surface area contributed by atoms with E-state index in [1.807, 2.05) is 55.5 Å². The summed E-state index contributed by atoms with van der Waals surface area (Å²) in [5.41, 5.74) is 1.93. The zero-order chi connectivity index (χ0) is 23.2. The molecule has 0 aliphatic carbocycles. The third-order valence-electron chi connectivity index (χ3n) is 6.31. The van der Waals surface area contributed by atoms with Crippen molar-refractivity contribution in [1.82, 2.24) is 20.0 Å². The Morgan fingerprint density at radius 1 is 1.15 bits per heavy atom. The molecule has 1 fully saturated rings. The molecule has 2 aromatic carbocycles. The lowest BCUT2D eigenvalue weighted by atomic mass is 10.0. The number of hydrogen-bond acceptors (Lipinski definition) is 4. The highest BCUT2D eigenvalue weighted by atomic mass is 35.5. The zero-order valence-corrected chi connectivity index (χ0v) is 19.9. The number of hydrogen-bond donors (Lipinski definition) is 1. The SMILES string of the molecule is CCCNC(=O)CCN1CCC[C@@H]1Cn1nc(Cc2ccc(Cl)cc2)c2ccccc2c1=O. The van der Waals surface area contributed by atoms with Crippen molar-refractivity contribution in [3.8, 4) is 0 Å². The van der Waals surface area contributed by atoms with E-state index in [0.717, 1.165) is 49.0 Å². The van der Waals surface area contributed by atoms with E-state index in [0.29, 0.717) is 36.3 Å². The molecule has 0 saturated carbocycles. The van der Waals surface area contributed by atoms with Gasteiger partial charge in [0.25, 0.3) is 5.56 Å². The van der Waals surface area contributed by atoms with Gasteiger partial charge in [0.05, 0.1) is 17.6 Å². The number of likely N-dealkylation sites (tertiary alicyclic amines) is 1. The van der Waals surface area contributed by atoms with Gasteiger partial charge in [0, 0.05) is 42.4 Å². The van der Waals surface area contributed by atoms with E-state index in [1.165, 1.54) is 0 Å². The second-order valence-electron chi connectivity index (χ2n) is 8.71. The number of carbonyl (C=O) groups is 1. The Labute approximate surface area is 199 Å². The molecule has 2 heterocycles. The molecule has 174 valence electrons. The van der Waals surface area contributed by atoms with Gasteiger partial charge < -0.3 is 5.32 Å². The van der Waals surface area contributed by atoms with E-state index in [-0.39, 0.29) is 17.5 Å². The number of rotatable bonds is 9. The second-order valence-corrected chi connectivity index (χ2v) is 9.15. The number of aromatic nitrogens is 2. The molecule has 0 spiro atoms. The van der Waals surface area contributed by atoms with Crippen molar-refractivity contribution in [3.05, 3.63) is 75.2 Å². The largest absolute Gasteiger partial charge is 0.356 e. The van der Waals surface area contributed by atoms with Gasteiger partial charge in [0.15, 0.2) is 0 Å². The third-order valence-corrected chi connectivity index (χ3v) is 6.56. The molecule has 1 amide bonds. The standard InChI is InChI=1S/C26H31ClN4O2/c1-2-14-28-25(32)13-16-30-15-5-6-21(30)18-31-26(33)23-8-4-3-7-22(23)24(29-31)17-19-9-11-20(27)12-10-19/h3-4,7-12,21H,2,5-6,13-18H2,1H3,(H,28,32)/t21-/m1/s1. The maximum atomic E-state index is 13.3. The smallest absolute Gasteiger partial charge is 0.274 e. The molecular formula is C26H31ClN4O2. The number of nitrogens with zero attached hydrogens (tertiary/aromatic N) is 3. The summed E-state index contributed by atoms with van der Waals surface area (Å²) in [6.45, 7) is 4.96. The van der Waals surface area contributed by atoms with Gasteiger partial charge in [0.2, 0.25) is 5.91 Å². The van der Waals surface area contributed by atoms with Crippen LogP contribution in [0.3, 0.4) is 0 Å². The van der Waals surface area contributed by atoms with Crippen molar-refractivity contribution in [2.75, 3.05) is 19.6 Å². The van der Waals surface area contributed by atoms with Crippen molar-refractivity contribution in [2.24, 2.45) is 0 Å². The van der Waals surface area contributed by atoms with Crippen molar-refractivity contribution in [1.29, 1.82) is 0 Å². The molecule has 4 rings (SSSR count). The first-order valence-electron chi connectivity index (χ1n) is 11.8. The molecule has 1 aliphatic rings. The Morgan fingerprint density at radius 3 is 2.67 bits per heavy atom. The number of amides is 1. The fourth-order valence-electron chi connectivity index (χ4n) is 4.55. The number of carbonyl (C=O) groups excluding carboxylic acids is 1. The van der Waals surface area contributed by atoms with E-state index in [1.54, 1.807) is 4.68 Å². The topological polar surface area (TPSA) is 67.2 Å². The molecule has 6 nitrogen and oxygen atoms in total. The molecule has 1 atom stereocenters. The minimum absolute atomic E-state index is 0.0574. The summed E-state index contributed by atoms with van der Waals surface area (Å²) < 4.78 is 1.63. The molecule has 33 heavy (non-hydrogen) atoms. The molecule has 1 aromatic heterocycles. The Bertz CT molecular complexity index is 1160.